The molecule has 0 bridgehead atoms. The van der Waals surface area contributed by atoms with Crippen LogP contribution in [-0.4, -0.2) is 26.8 Å². The fourth-order valence-electron chi connectivity index (χ4n) is 2.61. The molecule has 3 aromatic rings. The normalized spacial score (nSPS) is 11.2. The van der Waals surface area contributed by atoms with Gasteiger partial charge in [0, 0.05) is 17.7 Å². The minimum Gasteiger partial charge on any atom is -0.507 e. The van der Waals surface area contributed by atoms with Crippen LogP contribution in [-0.2, 0) is 6.54 Å². The summed E-state index contributed by atoms with van der Waals surface area (Å²) in [6, 6.07) is 12.2. The number of rotatable bonds is 4. The van der Waals surface area contributed by atoms with Crippen LogP contribution >= 0.6 is 0 Å². The zero-order valence-corrected chi connectivity index (χ0v) is 13.5. The van der Waals surface area contributed by atoms with Gasteiger partial charge in [0.05, 0.1) is 17.2 Å². The van der Waals surface area contributed by atoms with Crippen molar-refractivity contribution in [1.29, 1.82) is 0 Å². The second kappa shape index (κ2) is 6.54. The van der Waals surface area contributed by atoms with Gasteiger partial charge in [0.2, 0.25) is 0 Å². The van der Waals surface area contributed by atoms with Crippen LogP contribution in [0.2, 0.25) is 0 Å². The number of para-hydroxylation sites is 1. The van der Waals surface area contributed by atoms with E-state index in [9.17, 15) is 9.90 Å². The lowest BCUT2D eigenvalue weighted by atomic mass is 10.2. The van der Waals surface area contributed by atoms with E-state index in [0.29, 0.717) is 11.1 Å². The molecule has 2 aromatic carbocycles. The molecule has 0 saturated heterocycles. The van der Waals surface area contributed by atoms with E-state index in [4.69, 9.17) is 0 Å². The molecular formula is C18H18N4O2. The van der Waals surface area contributed by atoms with Crippen LogP contribution in [0.5, 0.6) is 5.75 Å². The van der Waals surface area contributed by atoms with Crippen molar-refractivity contribution < 1.29 is 9.90 Å². The molecule has 0 aliphatic carbocycles. The first kappa shape index (κ1) is 15.7. The number of hydrogen-bond donors (Lipinski definition) is 2. The van der Waals surface area contributed by atoms with E-state index >= 15 is 0 Å². The van der Waals surface area contributed by atoms with Crippen LogP contribution < -0.4 is 5.43 Å². The van der Waals surface area contributed by atoms with Crippen LogP contribution in [0, 0.1) is 6.92 Å². The second-order valence-electron chi connectivity index (χ2n) is 5.36. The molecule has 122 valence electrons. The molecule has 6 nitrogen and oxygen atoms in total. The van der Waals surface area contributed by atoms with Crippen molar-refractivity contribution in [3.05, 3.63) is 59.4 Å². The molecule has 0 radical (unpaired) electrons. The number of aryl methyl sites for hydroxylation is 2. The smallest absolute Gasteiger partial charge is 0.271 e. The van der Waals surface area contributed by atoms with Gasteiger partial charge in [-0.25, -0.2) is 10.4 Å². The van der Waals surface area contributed by atoms with Gasteiger partial charge in [-0.1, -0.05) is 12.1 Å². The highest BCUT2D eigenvalue weighted by atomic mass is 16.3. The van der Waals surface area contributed by atoms with Crippen LogP contribution in [0.15, 0.2) is 47.6 Å². The molecule has 0 fully saturated rings. The van der Waals surface area contributed by atoms with E-state index in [1.54, 1.807) is 36.4 Å². The standard InChI is InChI=1S/C18H18N4O2/c1-3-22-12(2)20-15-10-13(8-9-16(15)22)18(24)21-19-11-14-6-4-5-7-17(14)23/h4-11,23H,3H2,1-2H3,(H,21,24)/b19-11+. The van der Waals surface area contributed by atoms with E-state index in [0.717, 1.165) is 23.4 Å². The molecular weight excluding hydrogens is 304 g/mol. The quantitative estimate of drug-likeness (QED) is 0.572. The fourth-order valence-corrected chi connectivity index (χ4v) is 2.61. The van der Waals surface area contributed by atoms with Gasteiger partial charge in [0.1, 0.15) is 11.6 Å². The van der Waals surface area contributed by atoms with Gasteiger partial charge in [0.15, 0.2) is 0 Å². The molecule has 1 heterocycles. The van der Waals surface area contributed by atoms with Gasteiger partial charge in [-0.3, -0.25) is 4.79 Å². The number of hydrogen-bond acceptors (Lipinski definition) is 4. The van der Waals surface area contributed by atoms with Crippen molar-refractivity contribution >= 4 is 23.2 Å². The number of nitrogens with zero attached hydrogens (tertiary/aromatic N) is 3. The SMILES string of the molecule is CCn1c(C)nc2cc(C(=O)N/N=C/c3ccccc3O)ccc21. The number of benzene rings is 2. The van der Waals surface area contributed by atoms with E-state index in [2.05, 4.69) is 27.0 Å². The number of nitrogens with one attached hydrogen (secondary N) is 1. The molecule has 24 heavy (non-hydrogen) atoms. The number of phenols is 1. The summed E-state index contributed by atoms with van der Waals surface area (Å²) in [5.41, 5.74) is 5.26. The highest BCUT2D eigenvalue weighted by molar-refractivity contribution is 5.98. The largest absolute Gasteiger partial charge is 0.507 e. The maximum absolute atomic E-state index is 12.2. The first-order valence-electron chi connectivity index (χ1n) is 7.68. The summed E-state index contributed by atoms with van der Waals surface area (Å²) in [6.07, 6.45) is 1.40. The van der Waals surface area contributed by atoms with Crippen molar-refractivity contribution in [2.24, 2.45) is 5.10 Å². The number of aromatic nitrogens is 2. The maximum Gasteiger partial charge on any atom is 0.271 e. The third-order valence-electron chi connectivity index (χ3n) is 3.82. The van der Waals surface area contributed by atoms with E-state index in [-0.39, 0.29) is 11.7 Å². The summed E-state index contributed by atoms with van der Waals surface area (Å²) in [7, 11) is 0. The Hall–Kier alpha value is -3.15. The van der Waals surface area contributed by atoms with Crippen LogP contribution in [0.25, 0.3) is 11.0 Å². The lowest BCUT2D eigenvalue weighted by Gasteiger charge is -2.03. The second-order valence-corrected chi connectivity index (χ2v) is 5.36. The first-order valence-corrected chi connectivity index (χ1v) is 7.68. The van der Waals surface area contributed by atoms with Gasteiger partial charge in [-0.15, -0.1) is 0 Å². The fraction of sp³-hybridized carbons (Fsp3) is 0.167. The molecule has 1 aromatic heterocycles. The Balaban J connectivity index is 1.78. The zero-order chi connectivity index (χ0) is 17.1. The van der Waals surface area contributed by atoms with Crippen molar-refractivity contribution in [2.75, 3.05) is 0 Å². The molecule has 1 amide bonds. The van der Waals surface area contributed by atoms with Crippen molar-refractivity contribution in [2.45, 2.75) is 20.4 Å². The summed E-state index contributed by atoms with van der Waals surface area (Å²) < 4.78 is 2.09. The van der Waals surface area contributed by atoms with E-state index in [1.165, 1.54) is 6.21 Å². The number of hydrazone groups is 1. The van der Waals surface area contributed by atoms with Gasteiger partial charge in [0.25, 0.3) is 5.91 Å². The Morgan fingerprint density at radius 3 is 2.88 bits per heavy atom. The van der Waals surface area contributed by atoms with Crippen LogP contribution in [0.4, 0.5) is 0 Å². The predicted octanol–water partition coefficient (Wildman–Crippen LogP) is 2.83. The number of aromatic hydroxyl groups is 1. The first-order chi connectivity index (χ1) is 11.6. The topological polar surface area (TPSA) is 79.5 Å². The van der Waals surface area contributed by atoms with Crippen LogP contribution in [0.1, 0.15) is 28.7 Å². The molecule has 0 spiro atoms. The number of phenolic OH excluding ortho intramolecular Hbond substituents is 1. The lowest BCUT2D eigenvalue weighted by Crippen LogP contribution is -2.17. The number of fused-ring (bicyclic) bond motifs is 1. The van der Waals surface area contributed by atoms with Gasteiger partial charge >= 0.3 is 0 Å². The highest BCUT2D eigenvalue weighted by Gasteiger charge is 2.10. The molecule has 0 aliphatic heterocycles. The number of imidazole rings is 1. The van der Waals surface area contributed by atoms with Crippen LogP contribution in [0.3, 0.4) is 0 Å². The van der Waals surface area contributed by atoms with Gasteiger partial charge in [-0.05, 0) is 44.2 Å². The molecule has 0 atom stereocenters. The maximum atomic E-state index is 12.2. The van der Waals surface area contributed by atoms with Gasteiger partial charge in [-0.2, -0.15) is 5.10 Å². The Morgan fingerprint density at radius 2 is 2.12 bits per heavy atom. The molecule has 2 N–H and O–H groups in total. The summed E-state index contributed by atoms with van der Waals surface area (Å²) in [5.74, 6) is 0.701. The Morgan fingerprint density at radius 1 is 1.33 bits per heavy atom. The third kappa shape index (κ3) is 2.99. The minimum absolute atomic E-state index is 0.109. The lowest BCUT2D eigenvalue weighted by molar-refractivity contribution is 0.0955. The number of amides is 1. The predicted molar refractivity (Wildman–Crippen MR) is 93.3 cm³/mol. The van der Waals surface area contributed by atoms with Crippen molar-refractivity contribution in [1.82, 2.24) is 15.0 Å². The van der Waals surface area contributed by atoms with Crippen molar-refractivity contribution in [3.8, 4) is 5.75 Å². The third-order valence-corrected chi connectivity index (χ3v) is 3.82. The van der Waals surface area contributed by atoms with Gasteiger partial charge < -0.3 is 9.67 Å². The highest BCUT2D eigenvalue weighted by Crippen LogP contribution is 2.18. The molecule has 0 aliphatic rings. The van der Waals surface area contributed by atoms with Crippen molar-refractivity contribution in [3.63, 3.8) is 0 Å². The molecule has 0 saturated carbocycles. The van der Waals surface area contributed by atoms with E-state index in [1.807, 2.05) is 13.0 Å². The Labute approximate surface area is 139 Å². The average Bonchev–Trinajstić information content (AvgIpc) is 2.90. The number of carbonyl (C=O) groups is 1. The minimum atomic E-state index is -0.327. The molecule has 6 heteroatoms. The Bertz CT molecular complexity index is 928. The monoisotopic (exact) mass is 322 g/mol. The Kier molecular flexibility index (Phi) is 4.29. The molecule has 0 unspecified atom stereocenters. The summed E-state index contributed by atoms with van der Waals surface area (Å²) >= 11 is 0. The average molecular weight is 322 g/mol. The van der Waals surface area contributed by atoms with E-state index < -0.39 is 0 Å². The number of carbonyl (C=O) groups excluding carboxylic acids is 1. The summed E-state index contributed by atoms with van der Waals surface area (Å²) in [4.78, 5) is 16.7. The summed E-state index contributed by atoms with van der Waals surface area (Å²) in [5, 5.41) is 13.5. The molecule has 3 rings (SSSR count). The summed E-state index contributed by atoms with van der Waals surface area (Å²) in [6.45, 7) is 4.83. The zero-order valence-electron chi connectivity index (χ0n) is 13.5.